The van der Waals surface area contributed by atoms with Gasteiger partial charge in [-0.2, -0.15) is 18.4 Å². The van der Waals surface area contributed by atoms with E-state index in [2.05, 4.69) is 4.98 Å². The molecule has 1 unspecified atom stereocenters. The molecule has 2 aromatic carbocycles. The van der Waals surface area contributed by atoms with Crippen molar-refractivity contribution >= 4 is 0 Å². The summed E-state index contributed by atoms with van der Waals surface area (Å²) in [5.74, 6) is -0.486. The van der Waals surface area contributed by atoms with Gasteiger partial charge in [0, 0.05) is 22.9 Å². The molecule has 3 aromatic rings. The Morgan fingerprint density at radius 3 is 2.50 bits per heavy atom. The van der Waals surface area contributed by atoms with Crippen molar-refractivity contribution < 1.29 is 17.6 Å². The molecule has 0 fully saturated rings. The number of alkyl halides is 3. The summed E-state index contributed by atoms with van der Waals surface area (Å²) < 4.78 is 55.1. The fraction of sp³-hybridized carbons (Fsp3) is 0.238. The van der Waals surface area contributed by atoms with Gasteiger partial charge in [-0.25, -0.2) is 9.37 Å². The lowest BCUT2D eigenvalue weighted by Crippen LogP contribution is -2.21. The molecule has 0 radical (unpaired) electrons. The zero-order valence-electron chi connectivity index (χ0n) is 14.8. The van der Waals surface area contributed by atoms with Crippen molar-refractivity contribution in [3.05, 3.63) is 88.8 Å². The van der Waals surface area contributed by atoms with E-state index in [4.69, 9.17) is 5.26 Å². The second-order valence-electron chi connectivity index (χ2n) is 7.16. The van der Waals surface area contributed by atoms with E-state index in [1.54, 1.807) is 24.7 Å². The number of rotatable bonds is 2. The highest BCUT2D eigenvalue weighted by Gasteiger charge is 2.43. The Kier molecular flexibility index (Phi) is 4.03. The summed E-state index contributed by atoms with van der Waals surface area (Å²) in [6.45, 7) is 1.92. The molecule has 1 aliphatic heterocycles. The molecule has 0 saturated heterocycles. The minimum Gasteiger partial charge on any atom is -0.326 e. The van der Waals surface area contributed by atoms with Crippen LogP contribution in [-0.2, 0) is 11.6 Å². The largest absolute Gasteiger partial charge is 0.416 e. The summed E-state index contributed by atoms with van der Waals surface area (Å²) in [6.07, 6.45) is -0.656. The summed E-state index contributed by atoms with van der Waals surface area (Å²) in [7, 11) is 0. The van der Waals surface area contributed by atoms with Crippen LogP contribution in [0.1, 0.15) is 47.3 Å². The predicted octanol–water partition coefficient (Wildman–Crippen LogP) is 5.21. The summed E-state index contributed by atoms with van der Waals surface area (Å²) in [5.41, 5.74) is 0.844. The molecule has 3 nitrogen and oxygen atoms in total. The highest BCUT2D eigenvalue weighted by Crippen LogP contribution is 2.48. The van der Waals surface area contributed by atoms with E-state index < -0.39 is 23.0 Å². The molecule has 7 heteroatoms. The van der Waals surface area contributed by atoms with Crippen LogP contribution in [0.15, 0.2) is 55.0 Å². The number of aromatic nitrogens is 2. The van der Waals surface area contributed by atoms with E-state index in [0.29, 0.717) is 17.5 Å². The van der Waals surface area contributed by atoms with Crippen molar-refractivity contribution in [3.8, 4) is 6.07 Å². The number of hydrogen-bond acceptors (Lipinski definition) is 2. The topological polar surface area (TPSA) is 41.6 Å². The summed E-state index contributed by atoms with van der Waals surface area (Å²) in [4.78, 5) is 4.17. The van der Waals surface area contributed by atoms with Gasteiger partial charge in [-0.15, -0.1) is 0 Å². The number of imidazole rings is 1. The van der Waals surface area contributed by atoms with Crippen LogP contribution in [0.5, 0.6) is 0 Å². The Bertz CT molecular complexity index is 1080. The Morgan fingerprint density at radius 1 is 1.18 bits per heavy atom. The first-order chi connectivity index (χ1) is 13.2. The lowest BCUT2D eigenvalue weighted by atomic mass is 9.76. The second-order valence-corrected chi connectivity index (χ2v) is 7.16. The molecule has 0 saturated carbocycles. The Hall–Kier alpha value is -3.14. The Morgan fingerprint density at radius 2 is 1.89 bits per heavy atom. The third-order valence-electron chi connectivity index (χ3n) is 5.51. The van der Waals surface area contributed by atoms with Gasteiger partial charge in [-0.1, -0.05) is 18.2 Å². The van der Waals surface area contributed by atoms with Crippen LogP contribution in [-0.4, -0.2) is 9.55 Å². The maximum absolute atomic E-state index is 14.6. The number of halogens is 4. The van der Waals surface area contributed by atoms with Crippen LogP contribution in [0.25, 0.3) is 0 Å². The first-order valence-electron chi connectivity index (χ1n) is 8.63. The number of hydrogen-bond donors (Lipinski definition) is 0. The number of fused-ring (bicyclic) bond motifs is 1. The summed E-state index contributed by atoms with van der Waals surface area (Å²) in [6, 6.07) is 11.0. The van der Waals surface area contributed by atoms with Crippen LogP contribution in [0.3, 0.4) is 0 Å². The molecule has 0 aliphatic carbocycles. The van der Waals surface area contributed by atoms with Gasteiger partial charge in [0.2, 0.25) is 0 Å². The molecule has 28 heavy (non-hydrogen) atoms. The first-order valence-corrected chi connectivity index (χ1v) is 8.63. The normalized spacial score (nSPS) is 21.4. The quantitative estimate of drug-likeness (QED) is 0.568. The van der Waals surface area contributed by atoms with E-state index >= 15 is 0 Å². The zero-order chi connectivity index (χ0) is 20.1. The lowest BCUT2D eigenvalue weighted by molar-refractivity contribution is -0.137. The third kappa shape index (κ3) is 2.76. The average Bonchev–Trinajstić information content (AvgIpc) is 3.25. The van der Waals surface area contributed by atoms with E-state index in [0.717, 1.165) is 17.8 Å². The van der Waals surface area contributed by atoms with Gasteiger partial charge in [0.25, 0.3) is 0 Å². The van der Waals surface area contributed by atoms with Gasteiger partial charge in [0.15, 0.2) is 0 Å². The van der Waals surface area contributed by atoms with Crippen molar-refractivity contribution in [1.29, 1.82) is 5.26 Å². The van der Waals surface area contributed by atoms with Gasteiger partial charge < -0.3 is 4.57 Å². The highest BCUT2D eigenvalue weighted by atomic mass is 19.4. The SMILES string of the molecule is CC1(c2ccc(C(F)(F)F)cc2)C[C@H](c2ccc(C#N)cc2F)n2cncc21. The molecule has 0 spiro atoms. The number of nitriles is 1. The average molecular weight is 385 g/mol. The minimum absolute atomic E-state index is 0.232. The maximum atomic E-state index is 14.6. The molecule has 1 aromatic heterocycles. The fourth-order valence-electron chi connectivity index (χ4n) is 3.99. The third-order valence-corrected chi connectivity index (χ3v) is 5.51. The van der Waals surface area contributed by atoms with Crippen LogP contribution in [0, 0.1) is 17.1 Å². The van der Waals surface area contributed by atoms with Gasteiger partial charge >= 0.3 is 6.18 Å². The van der Waals surface area contributed by atoms with Gasteiger partial charge in [-0.05, 0) is 43.2 Å². The molecule has 2 heterocycles. The lowest BCUT2D eigenvalue weighted by Gasteiger charge is -2.25. The van der Waals surface area contributed by atoms with E-state index in [-0.39, 0.29) is 11.6 Å². The molecule has 142 valence electrons. The van der Waals surface area contributed by atoms with E-state index in [9.17, 15) is 17.6 Å². The first kappa shape index (κ1) is 18.2. The van der Waals surface area contributed by atoms with Crippen molar-refractivity contribution in [2.45, 2.75) is 31.0 Å². The zero-order valence-corrected chi connectivity index (χ0v) is 14.8. The van der Waals surface area contributed by atoms with Crippen molar-refractivity contribution in [3.63, 3.8) is 0 Å². The molecule has 0 bridgehead atoms. The van der Waals surface area contributed by atoms with Crippen molar-refractivity contribution in [1.82, 2.24) is 9.55 Å². The Balaban J connectivity index is 1.76. The highest BCUT2D eigenvalue weighted by molar-refractivity contribution is 5.43. The van der Waals surface area contributed by atoms with Crippen LogP contribution < -0.4 is 0 Å². The fourth-order valence-corrected chi connectivity index (χ4v) is 3.99. The molecule has 0 amide bonds. The van der Waals surface area contributed by atoms with Crippen LogP contribution in [0.4, 0.5) is 17.6 Å². The van der Waals surface area contributed by atoms with Gasteiger partial charge in [0.05, 0.1) is 29.6 Å². The Labute approximate surface area is 158 Å². The molecular formula is C21H15F4N3. The van der Waals surface area contributed by atoms with Gasteiger partial charge in [-0.3, -0.25) is 0 Å². The molecule has 1 aliphatic rings. The number of benzene rings is 2. The molecule has 0 N–H and O–H groups in total. The molecular weight excluding hydrogens is 370 g/mol. The second kappa shape index (κ2) is 6.20. The predicted molar refractivity (Wildman–Crippen MR) is 94.0 cm³/mol. The molecule has 2 atom stereocenters. The van der Waals surface area contributed by atoms with Crippen molar-refractivity contribution in [2.75, 3.05) is 0 Å². The summed E-state index contributed by atoms with van der Waals surface area (Å²) in [5, 5.41) is 8.94. The number of nitrogens with zero attached hydrogens (tertiary/aromatic N) is 3. The van der Waals surface area contributed by atoms with E-state index in [1.165, 1.54) is 18.2 Å². The minimum atomic E-state index is -4.40. The monoisotopic (exact) mass is 385 g/mol. The summed E-state index contributed by atoms with van der Waals surface area (Å²) >= 11 is 0. The van der Waals surface area contributed by atoms with Gasteiger partial charge in [0.1, 0.15) is 5.82 Å². The van der Waals surface area contributed by atoms with Crippen molar-refractivity contribution in [2.24, 2.45) is 0 Å². The van der Waals surface area contributed by atoms with Crippen LogP contribution >= 0.6 is 0 Å². The van der Waals surface area contributed by atoms with E-state index in [1.807, 2.05) is 17.6 Å². The maximum Gasteiger partial charge on any atom is 0.416 e. The standard InChI is InChI=1S/C21H15F4N3/c1-20(14-3-5-15(6-4-14)21(23,24)25)9-18(28-12-27-11-19(20)28)16-7-2-13(10-26)8-17(16)22/h2-8,11-12,18H,9H2,1H3/t18-,20?/m1/s1. The van der Waals surface area contributed by atoms with Crippen LogP contribution in [0.2, 0.25) is 0 Å². The molecule has 4 rings (SSSR count). The smallest absolute Gasteiger partial charge is 0.326 e.